The molecule has 20 heavy (non-hydrogen) atoms. The van der Waals surface area contributed by atoms with E-state index in [4.69, 9.17) is 0 Å². The number of rotatable bonds is 2. The summed E-state index contributed by atoms with van der Waals surface area (Å²) in [6, 6.07) is 13.5. The average molecular weight is 329 g/mol. The number of nitrogens with zero attached hydrogens (tertiary/aromatic N) is 2. The van der Waals surface area contributed by atoms with Gasteiger partial charge < -0.3 is 0 Å². The van der Waals surface area contributed by atoms with Crippen LogP contribution >= 0.6 is 15.9 Å². The van der Waals surface area contributed by atoms with Crippen LogP contribution in [-0.2, 0) is 6.54 Å². The average Bonchev–Trinajstić information content (AvgIpc) is 2.46. The van der Waals surface area contributed by atoms with E-state index in [2.05, 4.69) is 20.9 Å². The van der Waals surface area contributed by atoms with Crippen molar-refractivity contribution in [1.29, 1.82) is 0 Å². The van der Waals surface area contributed by atoms with Crippen molar-refractivity contribution in [3.8, 4) is 11.1 Å². The highest BCUT2D eigenvalue weighted by Crippen LogP contribution is 2.28. The quantitative estimate of drug-likeness (QED) is 0.716. The number of hydrogen-bond acceptors (Lipinski definition) is 2. The molecule has 0 N–H and O–H groups in total. The second kappa shape index (κ2) is 5.21. The number of pyridine rings is 2. The molecule has 0 aliphatic carbocycles. The number of fused-ring (bicyclic) bond motifs is 1. The monoisotopic (exact) mass is 328 g/mol. The zero-order valence-corrected chi connectivity index (χ0v) is 12.6. The lowest BCUT2D eigenvalue weighted by atomic mass is 10.0. The molecule has 3 nitrogen and oxygen atoms in total. The number of hydrogen-bond donors (Lipinski definition) is 0. The summed E-state index contributed by atoms with van der Waals surface area (Å²) in [6.45, 7) is 2.57. The standard InChI is InChI=1S/C16H13BrN2O/c1-2-19-15(20)10-14(11-5-3-6-12(17)9-11)13-7-4-8-18-16(13)19/h3-10H,2H2,1H3. The Kier molecular flexibility index (Phi) is 3.40. The lowest BCUT2D eigenvalue weighted by Crippen LogP contribution is -2.19. The van der Waals surface area contributed by atoms with Gasteiger partial charge in [-0.15, -0.1) is 0 Å². The van der Waals surface area contributed by atoms with Crippen LogP contribution in [0.15, 0.2) is 57.9 Å². The van der Waals surface area contributed by atoms with Crippen LogP contribution in [0.3, 0.4) is 0 Å². The van der Waals surface area contributed by atoms with Crippen molar-refractivity contribution in [2.75, 3.05) is 0 Å². The molecule has 2 aromatic heterocycles. The minimum atomic E-state index is -0.0197. The predicted molar refractivity (Wildman–Crippen MR) is 84.8 cm³/mol. The normalized spacial score (nSPS) is 10.9. The van der Waals surface area contributed by atoms with E-state index in [-0.39, 0.29) is 5.56 Å². The van der Waals surface area contributed by atoms with Crippen molar-refractivity contribution in [2.45, 2.75) is 13.5 Å². The first-order chi connectivity index (χ1) is 9.70. The molecule has 0 aliphatic heterocycles. The van der Waals surface area contributed by atoms with Gasteiger partial charge in [0.25, 0.3) is 5.56 Å². The fourth-order valence-corrected chi connectivity index (χ4v) is 2.81. The maximum atomic E-state index is 12.3. The maximum absolute atomic E-state index is 12.3. The van der Waals surface area contributed by atoms with Crippen molar-refractivity contribution >= 4 is 27.0 Å². The molecule has 0 saturated carbocycles. The van der Waals surface area contributed by atoms with Crippen LogP contribution in [0, 0.1) is 0 Å². The molecule has 0 bridgehead atoms. The fraction of sp³-hybridized carbons (Fsp3) is 0.125. The Morgan fingerprint density at radius 1 is 1.20 bits per heavy atom. The largest absolute Gasteiger partial charge is 0.293 e. The summed E-state index contributed by atoms with van der Waals surface area (Å²) >= 11 is 3.47. The van der Waals surface area contributed by atoms with Gasteiger partial charge >= 0.3 is 0 Å². The van der Waals surface area contributed by atoms with Crippen LogP contribution in [0.2, 0.25) is 0 Å². The van der Waals surface area contributed by atoms with Crippen molar-refractivity contribution in [1.82, 2.24) is 9.55 Å². The van der Waals surface area contributed by atoms with Crippen molar-refractivity contribution in [3.63, 3.8) is 0 Å². The minimum absolute atomic E-state index is 0.0197. The first-order valence-electron chi connectivity index (χ1n) is 6.45. The van der Waals surface area contributed by atoms with Gasteiger partial charge in [-0.3, -0.25) is 9.36 Å². The molecular formula is C16H13BrN2O. The Hall–Kier alpha value is -1.94. The molecule has 0 unspecified atom stereocenters. The van der Waals surface area contributed by atoms with Crippen LogP contribution in [0.4, 0.5) is 0 Å². The molecule has 0 fully saturated rings. The van der Waals surface area contributed by atoms with E-state index in [9.17, 15) is 4.79 Å². The molecule has 3 aromatic rings. The SMILES string of the molecule is CCn1c(=O)cc(-c2cccc(Br)c2)c2cccnc21. The Morgan fingerprint density at radius 2 is 2.05 bits per heavy atom. The zero-order valence-electron chi connectivity index (χ0n) is 11.0. The summed E-state index contributed by atoms with van der Waals surface area (Å²) in [7, 11) is 0. The predicted octanol–water partition coefficient (Wildman–Crippen LogP) is 3.85. The number of aromatic nitrogens is 2. The third kappa shape index (κ3) is 2.16. The molecule has 1 aromatic carbocycles. The van der Waals surface area contributed by atoms with E-state index in [0.717, 1.165) is 26.6 Å². The molecule has 0 saturated heterocycles. The minimum Gasteiger partial charge on any atom is -0.293 e. The number of halogens is 1. The van der Waals surface area contributed by atoms with Gasteiger partial charge in [0.05, 0.1) is 0 Å². The van der Waals surface area contributed by atoms with E-state index in [1.54, 1.807) is 16.8 Å². The van der Waals surface area contributed by atoms with E-state index >= 15 is 0 Å². The van der Waals surface area contributed by atoms with Crippen molar-refractivity contribution in [3.05, 3.63) is 63.5 Å². The lowest BCUT2D eigenvalue weighted by molar-refractivity contribution is 0.750. The van der Waals surface area contributed by atoms with Crippen LogP contribution < -0.4 is 5.56 Å². The fourth-order valence-electron chi connectivity index (χ4n) is 2.41. The van der Waals surface area contributed by atoms with Gasteiger partial charge in [0.15, 0.2) is 0 Å². The number of aryl methyl sites for hydroxylation is 1. The van der Waals surface area contributed by atoms with Crippen molar-refractivity contribution < 1.29 is 0 Å². The first kappa shape index (κ1) is 13.1. The van der Waals surface area contributed by atoms with Gasteiger partial charge in [0.2, 0.25) is 0 Å². The highest BCUT2D eigenvalue weighted by Gasteiger charge is 2.10. The third-order valence-corrected chi connectivity index (χ3v) is 3.81. The van der Waals surface area contributed by atoms with Crippen LogP contribution in [0.1, 0.15) is 6.92 Å². The summed E-state index contributed by atoms with van der Waals surface area (Å²) < 4.78 is 2.68. The van der Waals surface area contributed by atoms with E-state index in [1.807, 2.05) is 43.3 Å². The van der Waals surface area contributed by atoms with E-state index in [0.29, 0.717) is 6.54 Å². The van der Waals surface area contributed by atoms with Gasteiger partial charge in [0, 0.05) is 28.7 Å². The Labute approximate surface area is 125 Å². The molecule has 4 heteroatoms. The molecule has 2 heterocycles. The summed E-state index contributed by atoms with van der Waals surface area (Å²) in [5, 5.41) is 0.993. The Morgan fingerprint density at radius 3 is 2.80 bits per heavy atom. The van der Waals surface area contributed by atoms with Gasteiger partial charge in [-0.05, 0) is 42.3 Å². The van der Waals surface area contributed by atoms with Crippen LogP contribution in [-0.4, -0.2) is 9.55 Å². The summed E-state index contributed by atoms with van der Waals surface area (Å²) in [5.41, 5.74) is 2.65. The van der Waals surface area contributed by atoms with Crippen LogP contribution in [0.25, 0.3) is 22.2 Å². The summed E-state index contributed by atoms with van der Waals surface area (Å²) in [4.78, 5) is 16.6. The van der Waals surface area contributed by atoms with Gasteiger partial charge in [-0.2, -0.15) is 0 Å². The van der Waals surface area contributed by atoms with E-state index in [1.165, 1.54) is 0 Å². The second-order valence-corrected chi connectivity index (χ2v) is 5.44. The zero-order chi connectivity index (χ0) is 14.1. The molecular weight excluding hydrogens is 316 g/mol. The van der Waals surface area contributed by atoms with E-state index < -0.39 is 0 Å². The third-order valence-electron chi connectivity index (χ3n) is 3.32. The van der Waals surface area contributed by atoms with Gasteiger partial charge in [0.1, 0.15) is 5.65 Å². The molecule has 100 valence electrons. The van der Waals surface area contributed by atoms with Gasteiger partial charge in [-0.25, -0.2) is 4.98 Å². The summed E-state index contributed by atoms with van der Waals surface area (Å²) in [6.07, 6.45) is 1.72. The molecule has 0 aliphatic rings. The molecule has 0 amide bonds. The molecule has 0 spiro atoms. The second-order valence-electron chi connectivity index (χ2n) is 4.53. The topological polar surface area (TPSA) is 34.9 Å². The highest BCUT2D eigenvalue weighted by molar-refractivity contribution is 9.10. The smallest absolute Gasteiger partial charge is 0.252 e. The van der Waals surface area contributed by atoms with Crippen molar-refractivity contribution in [2.24, 2.45) is 0 Å². The van der Waals surface area contributed by atoms with Gasteiger partial charge in [-0.1, -0.05) is 28.1 Å². The lowest BCUT2D eigenvalue weighted by Gasteiger charge is -2.11. The number of benzene rings is 1. The molecule has 3 rings (SSSR count). The molecule has 0 atom stereocenters. The Bertz CT molecular complexity index is 839. The highest BCUT2D eigenvalue weighted by atomic mass is 79.9. The summed E-state index contributed by atoms with van der Waals surface area (Å²) in [5.74, 6) is 0. The van der Waals surface area contributed by atoms with Crippen LogP contribution in [0.5, 0.6) is 0 Å². The Balaban J connectivity index is 2.40. The first-order valence-corrected chi connectivity index (χ1v) is 7.24. The maximum Gasteiger partial charge on any atom is 0.252 e. The molecule has 0 radical (unpaired) electrons.